The lowest BCUT2D eigenvalue weighted by Crippen LogP contribution is -2.34. The van der Waals surface area contributed by atoms with Gasteiger partial charge in [-0.2, -0.15) is 0 Å². The molecule has 0 aliphatic heterocycles. The van der Waals surface area contributed by atoms with Gasteiger partial charge in [0.05, 0.1) is 12.2 Å². The third-order valence-electron chi connectivity index (χ3n) is 2.76. The van der Waals surface area contributed by atoms with Gasteiger partial charge in [0.1, 0.15) is 5.65 Å². The van der Waals surface area contributed by atoms with Crippen molar-refractivity contribution in [1.82, 2.24) is 14.7 Å². The molecule has 1 amide bonds. The maximum atomic E-state index is 11.8. The molecule has 2 heterocycles. The van der Waals surface area contributed by atoms with Crippen molar-refractivity contribution in [2.45, 2.75) is 34.2 Å². The average Bonchev–Trinajstić information content (AvgIpc) is 2.66. The number of rotatable bonds is 2. The Morgan fingerprint density at radius 1 is 1.33 bits per heavy atom. The Morgan fingerprint density at radius 2 is 2.06 bits per heavy atom. The van der Waals surface area contributed by atoms with Gasteiger partial charge in [0, 0.05) is 17.8 Å². The number of hydrogen-bond acceptors (Lipinski definition) is 2. The fraction of sp³-hybridized carbons (Fsp3) is 0.429. The van der Waals surface area contributed by atoms with E-state index in [9.17, 15) is 4.79 Å². The Kier molecular flexibility index (Phi) is 3.11. The standard InChI is InChI=1S/C14H19N3O/c1-10-5-6-12-16-11(9-17(12)8-10)7-15-13(18)14(2,3)4/h5-6,8-9H,7H2,1-4H3,(H,15,18). The van der Waals surface area contributed by atoms with Crippen molar-refractivity contribution in [2.24, 2.45) is 5.41 Å². The summed E-state index contributed by atoms with van der Waals surface area (Å²) in [5.41, 5.74) is 2.60. The van der Waals surface area contributed by atoms with Crippen molar-refractivity contribution in [3.63, 3.8) is 0 Å². The zero-order valence-corrected chi connectivity index (χ0v) is 11.3. The van der Waals surface area contributed by atoms with Gasteiger partial charge < -0.3 is 9.72 Å². The van der Waals surface area contributed by atoms with Gasteiger partial charge in [0.15, 0.2) is 0 Å². The first-order chi connectivity index (χ1) is 8.36. The highest BCUT2D eigenvalue weighted by Crippen LogP contribution is 2.13. The molecule has 4 nitrogen and oxygen atoms in total. The summed E-state index contributed by atoms with van der Waals surface area (Å²) in [7, 11) is 0. The molecule has 96 valence electrons. The van der Waals surface area contributed by atoms with Crippen LogP contribution in [0.3, 0.4) is 0 Å². The first kappa shape index (κ1) is 12.6. The molecular formula is C14H19N3O. The summed E-state index contributed by atoms with van der Waals surface area (Å²) in [6.45, 7) is 8.21. The SMILES string of the molecule is Cc1ccc2nc(CNC(=O)C(C)(C)C)cn2c1. The van der Waals surface area contributed by atoms with E-state index in [2.05, 4.69) is 10.3 Å². The van der Waals surface area contributed by atoms with Crippen LogP contribution in [0, 0.1) is 12.3 Å². The first-order valence-electron chi connectivity index (χ1n) is 6.09. The smallest absolute Gasteiger partial charge is 0.225 e. The Balaban J connectivity index is 2.11. The monoisotopic (exact) mass is 245 g/mol. The first-order valence-corrected chi connectivity index (χ1v) is 6.09. The number of amides is 1. The molecule has 2 aromatic rings. The summed E-state index contributed by atoms with van der Waals surface area (Å²) in [5, 5.41) is 2.90. The van der Waals surface area contributed by atoms with Crippen LogP contribution in [0.2, 0.25) is 0 Å². The average molecular weight is 245 g/mol. The molecule has 2 aromatic heterocycles. The zero-order valence-electron chi connectivity index (χ0n) is 11.3. The number of fused-ring (bicyclic) bond motifs is 1. The molecule has 0 unspecified atom stereocenters. The van der Waals surface area contributed by atoms with Gasteiger partial charge in [0.2, 0.25) is 5.91 Å². The summed E-state index contributed by atoms with van der Waals surface area (Å²) >= 11 is 0. The maximum Gasteiger partial charge on any atom is 0.225 e. The van der Waals surface area contributed by atoms with E-state index >= 15 is 0 Å². The van der Waals surface area contributed by atoms with Crippen LogP contribution in [0.15, 0.2) is 24.5 Å². The maximum absolute atomic E-state index is 11.8. The van der Waals surface area contributed by atoms with Gasteiger partial charge in [-0.25, -0.2) is 4.98 Å². The summed E-state index contributed by atoms with van der Waals surface area (Å²) in [6.07, 6.45) is 3.97. The lowest BCUT2D eigenvalue weighted by atomic mass is 9.96. The molecule has 0 aliphatic carbocycles. The summed E-state index contributed by atoms with van der Waals surface area (Å²) in [5.74, 6) is 0.0377. The van der Waals surface area contributed by atoms with E-state index in [0.29, 0.717) is 6.54 Å². The molecule has 1 N–H and O–H groups in total. The van der Waals surface area contributed by atoms with Gasteiger partial charge in [-0.15, -0.1) is 0 Å². The lowest BCUT2D eigenvalue weighted by Gasteiger charge is -2.16. The number of pyridine rings is 1. The van der Waals surface area contributed by atoms with Gasteiger partial charge in [-0.1, -0.05) is 26.8 Å². The topological polar surface area (TPSA) is 46.4 Å². The number of carbonyl (C=O) groups is 1. The largest absolute Gasteiger partial charge is 0.350 e. The number of aromatic nitrogens is 2. The lowest BCUT2D eigenvalue weighted by molar-refractivity contribution is -0.128. The zero-order chi connectivity index (χ0) is 13.3. The number of imidazole rings is 1. The van der Waals surface area contributed by atoms with Crippen LogP contribution in [-0.4, -0.2) is 15.3 Å². The highest BCUT2D eigenvalue weighted by molar-refractivity contribution is 5.81. The number of nitrogens with one attached hydrogen (secondary N) is 1. The van der Waals surface area contributed by atoms with Crippen molar-refractivity contribution in [2.75, 3.05) is 0 Å². The van der Waals surface area contributed by atoms with E-state index in [4.69, 9.17) is 0 Å². The number of aryl methyl sites for hydroxylation is 1. The van der Waals surface area contributed by atoms with E-state index < -0.39 is 0 Å². The van der Waals surface area contributed by atoms with E-state index in [1.54, 1.807) is 0 Å². The predicted octanol–water partition coefficient (Wildman–Crippen LogP) is 2.31. The molecule has 0 atom stereocenters. The van der Waals surface area contributed by atoms with Crippen molar-refractivity contribution in [3.8, 4) is 0 Å². The van der Waals surface area contributed by atoms with Crippen LogP contribution in [-0.2, 0) is 11.3 Å². The molecular weight excluding hydrogens is 226 g/mol. The highest BCUT2D eigenvalue weighted by atomic mass is 16.2. The number of hydrogen-bond donors (Lipinski definition) is 1. The highest BCUT2D eigenvalue weighted by Gasteiger charge is 2.20. The molecule has 0 saturated carbocycles. The van der Waals surface area contributed by atoms with Gasteiger partial charge >= 0.3 is 0 Å². The fourth-order valence-corrected chi connectivity index (χ4v) is 1.68. The molecule has 0 aliphatic rings. The molecule has 0 radical (unpaired) electrons. The molecule has 4 heteroatoms. The van der Waals surface area contributed by atoms with E-state index in [1.807, 2.05) is 56.6 Å². The third-order valence-corrected chi connectivity index (χ3v) is 2.76. The predicted molar refractivity (Wildman–Crippen MR) is 71.2 cm³/mol. The van der Waals surface area contributed by atoms with Crippen LogP contribution in [0.1, 0.15) is 32.0 Å². The Hall–Kier alpha value is -1.84. The minimum Gasteiger partial charge on any atom is -0.350 e. The molecule has 0 fully saturated rings. The van der Waals surface area contributed by atoms with Crippen LogP contribution in [0.4, 0.5) is 0 Å². The number of carbonyl (C=O) groups excluding carboxylic acids is 1. The van der Waals surface area contributed by atoms with Crippen LogP contribution < -0.4 is 5.32 Å². The van der Waals surface area contributed by atoms with Crippen LogP contribution in [0.5, 0.6) is 0 Å². The minimum absolute atomic E-state index is 0.0377. The quantitative estimate of drug-likeness (QED) is 0.882. The van der Waals surface area contributed by atoms with Gasteiger partial charge in [-0.3, -0.25) is 4.79 Å². The van der Waals surface area contributed by atoms with Crippen molar-refractivity contribution in [3.05, 3.63) is 35.8 Å². The van der Waals surface area contributed by atoms with Gasteiger partial charge in [-0.05, 0) is 18.6 Å². The molecule has 2 rings (SSSR count). The van der Waals surface area contributed by atoms with Gasteiger partial charge in [0.25, 0.3) is 0 Å². The van der Waals surface area contributed by atoms with E-state index in [0.717, 1.165) is 11.3 Å². The molecule has 0 saturated heterocycles. The van der Waals surface area contributed by atoms with Crippen LogP contribution in [0.25, 0.3) is 5.65 Å². The fourth-order valence-electron chi connectivity index (χ4n) is 1.68. The normalized spacial score (nSPS) is 11.8. The summed E-state index contributed by atoms with van der Waals surface area (Å²) in [6, 6.07) is 4.00. The van der Waals surface area contributed by atoms with Crippen molar-refractivity contribution >= 4 is 11.6 Å². The van der Waals surface area contributed by atoms with Crippen LogP contribution >= 0.6 is 0 Å². The second-order valence-corrected chi connectivity index (χ2v) is 5.64. The molecule has 0 bridgehead atoms. The van der Waals surface area contributed by atoms with E-state index in [-0.39, 0.29) is 11.3 Å². The van der Waals surface area contributed by atoms with E-state index in [1.165, 1.54) is 5.56 Å². The van der Waals surface area contributed by atoms with Crippen molar-refractivity contribution < 1.29 is 4.79 Å². The Morgan fingerprint density at radius 3 is 2.72 bits per heavy atom. The summed E-state index contributed by atoms with van der Waals surface area (Å²) in [4.78, 5) is 16.2. The second kappa shape index (κ2) is 4.44. The third kappa shape index (κ3) is 2.70. The minimum atomic E-state index is -0.365. The Bertz CT molecular complexity index is 578. The number of nitrogens with zero attached hydrogens (tertiary/aromatic N) is 2. The van der Waals surface area contributed by atoms with Crippen molar-refractivity contribution in [1.29, 1.82) is 0 Å². The second-order valence-electron chi connectivity index (χ2n) is 5.64. The Labute approximate surface area is 107 Å². The molecule has 0 spiro atoms. The molecule has 0 aromatic carbocycles. The molecule has 18 heavy (non-hydrogen) atoms. The summed E-state index contributed by atoms with van der Waals surface area (Å²) < 4.78 is 1.98.